The lowest BCUT2D eigenvalue weighted by molar-refractivity contribution is -0.238. The fraction of sp³-hybridized carbons (Fsp3) is 0.824. The number of carbonyl (C=O) groups is 4. The van der Waals surface area contributed by atoms with E-state index in [0.29, 0.717) is 42.3 Å². The minimum absolute atomic E-state index is 0.00274. The highest BCUT2D eigenvalue weighted by molar-refractivity contribution is 5.87. The summed E-state index contributed by atoms with van der Waals surface area (Å²) in [5, 5.41) is 0. The van der Waals surface area contributed by atoms with Gasteiger partial charge >= 0.3 is 17.9 Å². The van der Waals surface area contributed by atoms with Gasteiger partial charge in [-0.1, -0.05) is 20.8 Å². The molecule has 4 saturated carbocycles. The van der Waals surface area contributed by atoms with Crippen LogP contribution >= 0.6 is 0 Å². The minimum atomic E-state index is -0.467. The van der Waals surface area contributed by atoms with Gasteiger partial charge in [-0.05, 0) is 99.7 Å². The summed E-state index contributed by atoms with van der Waals surface area (Å²) in [4.78, 5) is 48.5. The molecule has 0 aromatic heterocycles. The Balaban J connectivity index is 1.73. The maximum atomic E-state index is 12.7. The molecule has 0 radical (unpaired) electrons. The number of allylic oxidation sites excluding steroid dienone is 2. The lowest BCUT2D eigenvalue weighted by Crippen LogP contribution is -2.65. The van der Waals surface area contributed by atoms with E-state index < -0.39 is 12.2 Å². The van der Waals surface area contributed by atoms with Crippen LogP contribution in [0.2, 0.25) is 0 Å². The summed E-state index contributed by atoms with van der Waals surface area (Å²) in [6.07, 6.45) is 8.23. The number of methoxy groups -OCH3 is 1. The van der Waals surface area contributed by atoms with Crippen LogP contribution in [0.4, 0.5) is 0 Å². The summed E-state index contributed by atoms with van der Waals surface area (Å²) >= 11 is 0. The molecule has 0 N–H and O–H groups in total. The molecule has 0 unspecified atom stereocenters. The van der Waals surface area contributed by atoms with E-state index in [2.05, 4.69) is 20.8 Å². The Labute approximate surface area is 251 Å². The Morgan fingerprint density at radius 3 is 2.07 bits per heavy atom. The second-order valence-electron chi connectivity index (χ2n) is 14.3. The van der Waals surface area contributed by atoms with Gasteiger partial charge in [0.15, 0.2) is 5.78 Å². The van der Waals surface area contributed by atoms with Crippen LogP contribution in [0, 0.1) is 46.3 Å². The number of fused-ring (bicyclic) bond motifs is 5. The largest absolute Gasteiger partial charge is 0.491 e. The van der Waals surface area contributed by atoms with Gasteiger partial charge in [0.05, 0.1) is 12.9 Å². The third-order valence-electron chi connectivity index (χ3n) is 11.8. The third kappa shape index (κ3) is 6.28. The normalized spacial score (nSPS) is 40.0. The average Bonchev–Trinajstić information content (AvgIpc) is 3.25. The summed E-state index contributed by atoms with van der Waals surface area (Å²) in [6, 6.07) is 0. The van der Waals surface area contributed by atoms with Crippen molar-refractivity contribution in [1.29, 1.82) is 0 Å². The summed E-state index contributed by atoms with van der Waals surface area (Å²) in [7, 11) is 1.44. The second kappa shape index (κ2) is 12.7. The summed E-state index contributed by atoms with van der Waals surface area (Å²) in [5.41, 5.74) is -0.0306. The van der Waals surface area contributed by atoms with E-state index in [4.69, 9.17) is 18.9 Å². The first kappa shape index (κ1) is 32.5. The van der Waals surface area contributed by atoms with E-state index in [1.165, 1.54) is 34.0 Å². The molecule has 4 aliphatic rings. The van der Waals surface area contributed by atoms with Gasteiger partial charge in [-0.3, -0.25) is 19.2 Å². The molecule has 0 saturated heterocycles. The highest BCUT2D eigenvalue weighted by atomic mass is 16.6. The zero-order valence-electron chi connectivity index (χ0n) is 26.9. The van der Waals surface area contributed by atoms with Crippen LogP contribution in [-0.4, -0.2) is 49.1 Å². The molecule has 42 heavy (non-hydrogen) atoms. The summed E-state index contributed by atoms with van der Waals surface area (Å²) in [6.45, 7) is 13.3. The number of esters is 3. The van der Waals surface area contributed by atoms with Crippen molar-refractivity contribution in [2.24, 2.45) is 46.3 Å². The van der Waals surface area contributed by atoms with Gasteiger partial charge in [0.25, 0.3) is 0 Å². The Morgan fingerprint density at radius 1 is 0.810 bits per heavy atom. The predicted molar refractivity (Wildman–Crippen MR) is 157 cm³/mol. The number of ketones is 1. The Hall–Kier alpha value is -2.38. The number of hydrogen-bond donors (Lipinski definition) is 0. The van der Waals surface area contributed by atoms with Crippen LogP contribution in [0.1, 0.15) is 106 Å². The lowest BCUT2D eigenvalue weighted by Gasteiger charge is -2.64. The molecule has 0 aliphatic heterocycles. The molecule has 4 rings (SSSR count). The molecular weight excluding hydrogens is 536 g/mol. The Morgan fingerprint density at radius 2 is 1.45 bits per heavy atom. The monoisotopic (exact) mass is 588 g/mol. The van der Waals surface area contributed by atoms with E-state index in [1.807, 2.05) is 0 Å². The molecule has 8 heteroatoms. The van der Waals surface area contributed by atoms with Gasteiger partial charge in [-0.2, -0.15) is 0 Å². The van der Waals surface area contributed by atoms with Crippen molar-refractivity contribution >= 4 is 23.7 Å². The number of carbonyl (C=O) groups excluding carboxylic acids is 4. The van der Waals surface area contributed by atoms with E-state index in [-0.39, 0.29) is 52.5 Å². The minimum Gasteiger partial charge on any atom is -0.491 e. The standard InChI is InChI=1S/C34H52O8/c1-19(9-12-29(38)39-8)25-10-11-26-30-27(14-16-33(25,26)6)34(7)15-13-24(41-22(4)36)18-28(34)31(32(30)42-23(5)37)40-21(3)17-20(2)35/h17,19,24-28,30-32H,9-16,18H2,1-8H3/t19-,24-,25-,26+,27+,28+,30+,31+,32-,33-,34-/m1/s1. The van der Waals surface area contributed by atoms with Gasteiger partial charge < -0.3 is 18.9 Å². The van der Waals surface area contributed by atoms with Gasteiger partial charge in [0, 0.05) is 38.2 Å². The fourth-order valence-electron chi connectivity index (χ4n) is 10.2. The van der Waals surface area contributed by atoms with Gasteiger partial charge in [0.2, 0.25) is 0 Å². The predicted octanol–water partition coefficient (Wildman–Crippen LogP) is 6.20. The molecule has 8 nitrogen and oxygen atoms in total. The maximum Gasteiger partial charge on any atom is 0.305 e. The molecule has 4 aliphatic carbocycles. The zero-order chi connectivity index (χ0) is 31.0. The number of rotatable bonds is 9. The average molecular weight is 589 g/mol. The summed E-state index contributed by atoms with van der Waals surface area (Å²) in [5.74, 6) is 1.28. The molecule has 236 valence electrons. The Kier molecular flexibility index (Phi) is 9.83. The molecule has 4 fully saturated rings. The van der Waals surface area contributed by atoms with Crippen molar-refractivity contribution < 1.29 is 38.1 Å². The van der Waals surface area contributed by atoms with E-state index in [0.717, 1.165) is 44.9 Å². The highest BCUT2D eigenvalue weighted by Gasteiger charge is 2.67. The van der Waals surface area contributed by atoms with Crippen molar-refractivity contribution in [3.05, 3.63) is 11.8 Å². The van der Waals surface area contributed by atoms with Gasteiger partial charge in [-0.15, -0.1) is 0 Å². The van der Waals surface area contributed by atoms with Crippen molar-refractivity contribution in [3.63, 3.8) is 0 Å². The van der Waals surface area contributed by atoms with E-state index in [1.54, 1.807) is 6.92 Å². The fourth-order valence-corrected chi connectivity index (χ4v) is 10.2. The Bertz CT molecular complexity index is 1080. The molecule has 0 heterocycles. The van der Waals surface area contributed by atoms with Crippen LogP contribution in [0.3, 0.4) is 0 Å². The maximum absolute atomic E-state index is 12.7. The molecule has 0 aromatic rings. The first-order chi connectivity index (χ1) is 19.7. The van der Waals surface area contributed by atoms with Crippen molar-refractivity contribution in [2.45, 2.75) is 125 Å². The van der Waals surface area contributed by atoms with Crippen LogP contribution < -0.4 is 0 Å². The number of hydrogen-bond acceptors (Lipinski definition) is 8. The van der Waals surface area contributed by atoms with Crippen LogP contribution in [0.5, 0.6) is 0 Å². The van der Waals surface area contributed by atoms with Crippen molar-refractivity contribution in [3.8, 4) is 0 Å². The van der Waals surface area contributed by atoms with Crippen LogP contribution in [0.15, 0.2) is 11.8 Å². The van der Waals surface area contributed by atoms with Gasteiger partial charge in [-0.25, -0.2) is 0 Å². The molecule has 11 atom stereocenters. The van der Waals surface area contributed by atoms with Crippen LogP contribution in [-0.2, 0) is 38.1 Å². The van der Waals surface area contributed by atoms with E-state index in [9.17, 15) is 19.2 Å². The molecule has 0 bridgehead atoms. The SMILES string of the molecule is COC(=O)CC[C@@H](C)[C@H]1CC[C@H]2[C@@H]3[C@@H](OC(C)=O)[C@@H](OC(C)=CC(C)=O)[C@@H]4C[C@H](OC(C)=O)CC[C@]4(C)[C@H]3CC[C@]12C. The first-order valence-electron chi connectivity index (χ1n) is 16.0. The molecule has 0 aromatic carbocycles. The topological polar surface area (TPSA) is 105 Å². The number of ether oxygens (including phenoxy) is 4. The summed E-state index contributed by atoms with van der Waals surface area (Å²) < 4.78 is 23.6. The smallest absolute Gasteiger partial charge is 0.305 e. The molecular formula is C34H52O8. The van der Waals surface area contributed by atoms with Crippen molar-refractivity contribution in [1.82, 2.24) is 0 Å². The van der Waals surface area contributed by atoms with Crippen molar-refractivity contribution in [2.75, 3.05) is 7.11 Å². The second-order valence-corrected chi connectivity index (χ2v) is 14.3. The van der Waals surface area contributed by atoms with Gasteiger partial charge in [0.1, 0.15) is 18.3 Å². The lowest BCUT2D eigenvalue weighted by atomic mass is 9.43. The van der Waals surface area contributed by atoms with E-state index >= 15 is 0 Å². The van der Waals surface area contributed by atoms with Crippen LogP contribution in [0.25, 0.3) is 0 Å². The third-order valence-corrected chi connectivity index (χ3v) is 11.8. The first-order valence-corrected chi connectivity index (χ1v) is 16.0. The quantitative estimate of drug-likeness (QED) is 0.136. The molecule has 0 amide bonds. The highest BCUT2D eigenvalue weighted by Crippen LogP contribution is 2.69. The zero-order valence-corrected chi connectivity index (χ0v) is 26.9. The molecule has 0 spiro atoms.